The second-order valence-corrected chi connectivity index (χ2v) is 6.06. The van der Waals surface area contributed by atoms with Crippen LogP contribution in [0.2, 0.25) is 0 Å². The highest BCUT2D eigenvalue weighted by molar-refractivity contribution is 9.10. The lowest BCUT2D eigenvalue weighted by molar-refractivity contribution is 0.255. The normalized spacial score (nSPS) is 12.0. The molecule has 0 aliphatic rings. The number of rotatable bonds is 6. The van der Waals surface area contributed by atoms with Crippen molar-refractivity contribution in [2.24, 2.45) is 5.41 Å². The van der Waals surface area contributed by atoms with Crippen molar-refractivity contribution in [3.8, 4) is 0 Å². The molecule has 3 heteroatoms. The molecule has 1 aromatic heterocycles. The smallest absolute Gasteiger partial charge is 0.0285 e. The highest BCUT2D eigenvalue weighted by atomic mass is 79.9. The number of nitrogens with one attached hydrogen (secondary N) is 1. The molecule has 1 heterocycles. The lowest BCUT2D eigenvalue weighted by Gasteiger charge is -2.31. The van der Waals surface area contributed by atoms with Gasteiger partial charge >= 0.3 is 0 Å². The lowest BCUT2D eigenvalue weighted by Crippen LogP contribution is -2.33. The third kappa shape index (κ3) is 3.58. The minimum Gasteiger partial charge on any atom is -0.319 e. The van der Waals surface area contributed by atoms with Crippen LogP contribution in [0.25, 0.3) is 0 Å². The van der Waals surface area contributed by atoms with Gasteiger partial charge in [0.15, 0.2) is 0 Å². The van der Waals surface area contributed by atoms with Gasteiger partial charge in [0.05, 0.1) is 0 Å². The van der Waals surface area contributed by atoms with Gasteiger partial charge in [0.25, 0.3) is 0 Å². The Kier molecular flexibility index (Phi) is 5.30. The van der Waals surface area contributed by atoms with E-state index in [0.29, 0.717) is 5.41 Å². The molecule has 0 aliphatic heterocycles. The monoisotopic (exact) mass is 289 g/mol. The zero-order valence-electron chi connectivity index (χ0n) is 9.77. The van der Waals surface area contributed by atoms with Gasteiger partial charge in [0.1, 0.15) is 0 Å². The molecule has 0 spiro atoms. The van der Waals surface area contributed by atoms with E-state index in [1.807, 2.05) is 18.4 Å². The molecule has 1 N–H and O–H groups in total. The average molecular weight is 290 g/mol. The maximum atomic E-state index is 3.52. The first-order valence-electron chi connectivity index (χ1n) is 5.53. The largest absolute Gasteiger partial charge is 0.319 e. The fraction of sp³-hybridized carbons (Fsp3) is 0.667. The van der Waals surface area contributed by atoms with Crippen LogP contribution < -0.4 is 5.32 Å². The summed E-state index contributed by atoms with van der Waals surface area (Å²) in [5.41, 5.74) is 0.430. The van der Waals surface area contributed by atoms with Gasteiger partial charge in [-0.05, 0) is 53.7 Å². The molecule has 0 saturated carbocycles. The molecule has 1 nitrogen and oxygen atoms in total. The van der Waals surface area contributed by atoms with E-state index in [1.165, 1.54) is 28.6 Å². The zero-order chi connectivity index (χ0) is 11.3. The number of thiophene rings is 1. The summed E-state index contributed by atoms with van der Waals surface area (Å²) in [6.45, 7) is 5.70. The van der Waals surface area contributed by atoms with Crippen molar-refractivity contribution in [3.63, 3.8) is 0 Å². The number of hydrogen-bond donors (Lipinski definition) is 1. The fourth-order valence-corrected chi connectivity index (χ4v) is 3.63. The van der Waals surface area contributed by atoms with Gasteiger partial charge in [-0.2, -0.15) is 0 Å². The summed E-state index contributed by atoms with van der Waals surface area (Å²) in [4.78, 5) is 1.49. The van der Waals surface area contributed by atoms with Crippen molar-refractivity contribution >= 4 is 27.3 Å². The number of hydrogen-bond acceptors (Lipinski definition) is 2. The van der Waals surface area contributed by atoms with Crippen molar-refractivity contribution < 1.29 is 0 Å². The molecule has 1 rings (SSSR count). The van der Waals surface area contributed by atoms with Crippen LogP contribution in [0.4, 0.5) is 0 Å². The molecule has 0 amide bonds. The summed E-state index contributed by atoms with van der Waals surface area (Å²) in [7, 11) is 2.05. The molecule has 0 aromatic carbocycles. The standard InChI is InChI=1S/C12H20BrNS/c1-4-12(5-2,9-14-3)7-11-6-10(13)8-15-11/h6,8,14H,4-5,7,9H2,1-3H3. The van der Waals surface area contributed by atoms with Crippen LogP contribution in [0.5, 0.6) is 0 Å². The van der Waals surface area contributed by atoms with Crippen molar-refractivity contribution in [2.45, 2.75) is 33.1 Å². The topological polar surface area (TPSA) is 12.0 Å². The van der Waals surface area contributed by atoms with E-state index in [4.69, 9.17) is 0 Å². The van der Waals surface area contributed by atoms with Crippen LogP contribution in [-0.4, -0.2) is 13.6 Å². The summed E-state index contributed by atoms with van der Waals surface area (Å²) < 4.78 is 1.22. The highest BCUT2D eigenvalue weighted by Crippen LogP contribution is 2.33. The molecule has 0 fully saturated rings. The Balaban J connectivity index is 2.73. The van der Waals surface area contributed by atoms with Crippen molar-refractivity contribution in [1.82, 2.24) is 5.32 Å². The van der Waals surface area contributed by atoms with Gasteiger partial charge in [-0.1, -0.05) is 13.8 Å². The molecule has 0 bridgehead atoms. The Morgan fingerprint density at radius 3 is 2.47 bits per heavy atom. The highest BCUT2D eigenvalue weighted by Gasteiger charge is 2.26. The second-order valence-electron chi connectivity index (χ2n) is 4.15. The van der Waals surface area contributed by atoms with Crippen LogP contribution in [0.15, 0.2) is 15.9 Å². The van der Waals surface area contributed by atoms with Gasteiger partial charge < -0.3 is 5.32 Å². The van der Waals surface area contributed by atoms with Crippen LogP contribution in [0.1, 0.15) is 31.6 Å². The maximum Gasteiger partial charge on any atom is 0.0285 e. The van der Waals surface area contributed by atoms with Crippen molar-refractivity contribution in [3.05, 3.63) is 20.8 Å². The molecule has 15 heavy (non-hydrogen) atoms. The predicted octanol–water partition coefficient (Wildman–Crippen LogP) is 4.08. The third-order valence-electron chi connectivity index (χ3n) is 3.22. The van der Waals surface area contributed by atoms with Crippen LogP contribution >= 0.6 is 27.3 Å². The molecule has 0 radical (unpaired) electrons. The Hall–Kier alpha value is 0.140. The third-order valence-corrected chi connectivity index (χ3v) is 4.92. The lowest BCUT2D eigenvalue weighted by atomic mass is 9.78. The van der Waals surface area contributed by atoms with Gasteiger partial charge in [-0.25, -0.2) is 0 Å². The molecular weight excluding hydrogens is 270 g/mol. The average Bonchev–Trinajstić information content (AvgIpc) is 2.63. The summed E-state index contributed by atoms with van der Waals surface area (Å²) in [5.74, 6) is 0. The minimum atomic E-state index is 0.430. The molecule has 0 atom stereocenters. The second kappa shape index (κ2) is 6.02. The molecule has 86 valence electrons. The van der Waals surface area contributed by atoms with E-state index in [1.54, 1.807) is 0 Å². The Morgan fingerprint density at radius 2 is 2.07 bits per heavy atom. The number of halogens is 1. The van der Waals surface area contributed by atoms with Crippen molar-refractivity contribution in [2.75, 3.05) is 13.6 Å². The Morgan fingerprint density at radius 1 is 1.40 bits per heavy atom. The molecule has 0 aliphatic carbocycles. The fourth-order valence-electron chi connectivity index (χ4n) is 2.00. The first-order valence-corrected chi connectivity index (χ1v) is 7.20. The first kappa shape index (κ1) is 13.2. The molecular formula is C12H20BrNS. The van der Waals surface area contributed by atoms with Crippen LogP contribution in [-0.2, 0) is 6.42 Å². The van der Waals surface area contributed by atoms with E-state index in [2.05, 4.69) is 46.5 Å². The van der Waals surface area contributed by atoms with Crippen LogP contribution in [0.3, 0.4) is 0 Å². The SMILES string of the molecule is CCC(CC)(CNC)Cc1cc(Br)cs1. The van der Waals surface area contributed by atoms with Gasteiger partial charge in [-0.3, -0.25) is 0 Å². The molecule has 0 unspecified atom stereocenters. The summed E-state index contributed by atoms with van der Waals surface area (Å²) in [6, 6.07) is 2.25. The molecule has 1 aromatic rings. The van der Waals surface area contributed by atoms with Gasteiger partial charge in [0, 0.05) is 21.3 Å². The first-order chi connectivity index (χ1) is 7.15. The van der Waals surface area contributed by atoms with Gasteiger partial charge in [-0.15, -0.1) is 11.3 Å². The van der Waals surface area contributed by atoms with E-state index >= 15 is 0 Å². The quantitative estimate of drug-likeness (QED) is 0.832. The Bertz CT molecular complexity index is 292. The minimum absolute atomic E-state index is 0.430. The molecule has 0 saturated heterocycles. The summed E-state index contributed by atoms with van der Waals surface area (Å²) >= 11 is 5.38. The van der Waals surface area contributed by atoms with E-state index in [-0.39, 0.29) is 0 Å². The zero-order valence-corrected chi connectivity index (χ0v) is 12.2. The van der Waals surface area contributed by atoms with E-state index in [0.717, 1.165) is 6.54 Å². The van der Waals surface area contributed by atoms with E-state index < -0.39 is 0 Å². The maximum absolute atomic E-state index is 3.52. The summed E-state index contributed by atoms with van der Waals surface area (Å²) in [6.07, 6.45) is 3.66. The Labute approximate surface area is 105 Å². The van der Waals surface area contributed by atoms with Crippen LogP contribution in [0, 0.1) is 5.41 Å². The predicted molar refractivity (Wildman–Crippen MR) is 72.7 cm³/mol. The van der Waals surface area contributed by atoms with Gasteiger partial charge in [0.2, 0.25) is 0 Å². The van der Waals surface area contributed by atoms with Crippen molar-refractivity contribution in [1.29, 1.82) is 0 Å². The van der Waals surface area contributed by atoms with E-state index in [9.17, 15) is 0 Å². The summed E-state index contributed by atoms with van der Waals surface area (Å²) in [5, 5.41) is 5.50.